The van der Waals surface area contributed by atoms with Crippen LogP contribution in [0.15, 0.2) is 64.2 Å². The number of hydrogen-bond acceptors (Lipinski definition) is 6. The Hall–Kier alpha value is -2.62. The van der Waals surface area contributed by atoms with Gasteiger partial charge in [-0.15, -0.1) is 0 Å². The number of ether oxygens (including phenoxy) is 2. The SMILES string of the molecule is COc1cc(S(=O)(=O)Nc2ccc(C(C)=O)cc2)c(Br)cc1Oc1cncc(Cl)c1. The summed E-state index contributed by atoms with van der Waals surface area (Å²) in [6.07, 6.45) is 2.93. The van der Waals surface area contributed by atoms with Gasteiger partial charge >= 0.3 is 0 Å². The fourth-order valence-electron chi connectivity index (χ4n) is 2.52. The van der Waals surface area contributed by atoms with Crippen molar-refractivity contribution in [1.29, 1.82) is 0 Å². The number of carbonyl (C=O) groups is 1. The molecule has 0 aliphatic carbocycles. The number of benzene rings is 2. The van der Waals surface area contributed by atoms with E-state index in [0.29, 0.717) is 22.0 Å². The molecular formula is C20H16BrClN2O5S. The second-order valence-electron chi connectivity index (χ2n) is 6.11. The van der Waals surface area contributed by atoms with Crippen LogP contribution in [0.1, 0.15) is 17.3 Å². The molecule has 1 aromatic heterocycles. The van der Waals surface area contributed by atoms with Crippen molar-refractivity contribution in [2.75, 3.05) is 11.8 Å². The molecule has 0 aliphatic rings. The van der Waals surface area contributed by atoms with Gasteiger partial charge in [-0.3, -0.25) is 14.5 Å². The fraction of sp³-hybridized carbons (Fsp3) is 0.100. The lowest BCUT2D eigenvalue weighted by Gasteiger charge is -2.15. The number of methoxy groups -OCH3 is 1. The molecule has 0 saturated heterocycles. The first kappa shape index (κ1) is 22.1. The van der Waals surface area contributed by atoms with E-state index in [-0.39, 0.29) is 26.7 Å². The first-order valence-electron chi connectivity index (χ1n) is 8.49. The van der Waals surface area contributed by atoms with Gasteiger partial charge in [0.1, 0.15) is 10.6 Å². The van der Waals surface area contributed by atoms with Crippen molar-refractivity contribution >= 4 is 49.0 Å². The molecule has 0 spiro atoms. The number of sulfonamides is 1. The first-order chi connectivity index (χ1) is 14.2. The number of ketones is 1. The lowest BCUT2D eigenvalue weighted by molar-refractivity contribution is 0.101. The number of carbonyl (C=O) groups excluding carboxylic acids is 1. The Kier molecular flexibility index (Phi) is 6.64. The van der Waals surface area contributed by atoms with Crippen LogP contribution in [0.5, 0.6) is 17.2 Å². The molecule has 10 heteroatoms. The van der Waals surface area contributed by atoms with Crippen LogP contribution in [-0.4, -0.2) is 26.3 Å². The molecule has 0 atom stereocenters. The van der Waals surface area contributed by atoms with E-state index in [1.54, 1.807) is 18.2 Å². The molecule has 3 aromatic rings. The first-order valence-corrected chi connectivity index (χ1v) is 11.1. The zero-order chi connectivity index (χ0) is 21.9. The Labute approximate surface area is 187 Å². The summed E-state index contributed by atoms with van der Waals surface area (Å²) in [7, 11) is -2.56. The molecule has 0 amide bonds. The van der Waals surface area contributed by atoms with Crippen molar-refractivity contribution in [2.24, 2.45) is 0 Å². The maximum atomic E-state index is 12.9. The Morgan fingerprint density at radius 3 is 2.40 bits per heavy atom. The minimum absolute atomic E-state index is 0.0495. The molecule has 0 fully saturated rings. The number of nitrogens with zero attached hydrogens (tertiary/aromatic N) is 1. The lowest BCUT2D eigenvalue weighted by atomic mass is 10.1. The second-order valence-corrected chi connectivity index (χ2v) is 9.06. The summed E-state index contributed by atoms with van der Waals surface area (Å²) in [5.41, 5.74) is 0.800. The molecule has 0 bridgehead atoms. The largest absolute Gasteiger partial charge is 0.493 e. The molecule has 1 heterocycles. The molecule has 0 radical (unpaired) electrons. The van der Waals surface area contributed by atoms with E-state index in [1.165, 1.54) is 50.7 Å². The number of pyridine rings is 1. The molecule has 7 nitrogen and oxygen atoms in total. The topological polar surface area (TPSA) is 94.6 Å². The van der Waals surface area contributed by atoms with Gasteiger partial charge in [-0.1, -0.05) is 11.6 Å². The number of hydrogen-bond donors (Lipinski definition) is 1. The molecular weight excluding hydrogens is 496 g/mol. The van der Waals surface area contributed by atoms with Crippen LogP contribution in [0, 0.1) is 0 Å². The van der Waals surface area contributed by atoms with E-state index < -0.39 is 10.0 Å². The predicted octanol–water partition coefficient (Wildman–Crippen LogP) is 5.30. The Balaban J connectivity index is 1.92. The summed E-state index contributed by atoms with van der Waals surface area (Å²) < 4.78 is 39.6. The lowest BCUT2D eigenvalue weighted by Crippen LogP contribution is -2.14. The van der Waals surface area contributed by atoms with Gasteiger partial charge < -0.3 is 9.47 Å². The minimum Gasteiger partial charge on any atom is -0.493 e. The van der Waals surface area contributed by atoms with Gasteiger partial charge in [0.25, 0.3) is 10.0 Å². The van der Waals surface area contributed by atoms with Crippen molar-refractivity contribution < 1.29 is 22.7 Å². The van der Waals surface area contributed by atoms with Crippen molar-refractivity contribution in [3.63, 3.8) is 0 Å². The second kappa shape index (κ2) is 9.03. The third kappa shape index (κ3) is 5.10. The molecule has 1 N–H and O–H groups in total. The van der Waals surface area contributed by atoms with E-state index >= 15 is 0 Å². The normalized spacial score (nSPS) is 11.1. The number of nitrogens with one attached hydrogen (secondary N) is 1. The highest BCUT2D eigenvalue weighted by atomic mass is 79.9. The standard InChI is InChI=1S/C20H16BrClN2O5S/c1-12(25)13-3-5-15(6-4-13)24-30(26,27)20-9-18(28-2)19(8-17(20)21)29-16-7-14(22)10-23-11-16/h3-11,24H,1-2H3. The monoisotopic (exact) mass is 510 g/mol. The van der Waals surface area contributed by atoms with Crippen LogP contribution < -0.4 is 14.2 Å². The fourth-order valence-corrected chi connectivity index (χ4v) is 4.78. The molecule has 0 saturated carbocycles. The highest BCUT2D eigenvalue weighted by Crippen LogP contribution is 2.38. The smallest absolute Gasteiger partial charge is 0.263 e. The highest BCUT2D eigenvalue weighted by Gasteiger charge is 2.22. The van der Waals surface area contributed by atoms with Crippen LogP contribution in [0.4, 0.5) is 5.69 Å². The third-order valence-corrected chi connectivity index (χ3v) is 6.51. The molecule has 0 aliphatic heterocycles. The predicted molar refractivity (Wildman–Crippen MR) is 117 cm³/mol. The number of halogens is 2. The van der Waals surface area contributed by atoms with Crippen molar-refractivity contribution in [2.45, 2.75) is 11.8 Å². The summed E-state index contributed by atoms with van der Waals surface area (Å²) in [5.74, 6) is 0.734. The average Bonchev–Trinajstić information content (AvgIpc) is 2.68. The van der Waals surface area contributed by atoms with Crippen molar-refractivity contribution in [3.8, 4) is 17.2 Å². The minimum atomic E-state index is -3.96. The Morgan fingerprint density at radius 1 is 1.10 bits per heavy atom. The highest BCUT2D eigenvalue weighted by molar-refractivity contribution is 9.10. The maximum Gasteiger partial charge on any atom is 0.263 e. The molecule has 0 unspecified atom stereocenters. The van der Waals surface area contributed by atoms with E-state index in [1.807, 2.05) is 0 Å². The van der Waals surface area contributed by atoms with Crippen LogP contribution in [-0.2, 0) is 10.0 Å². The van der Waals surface area contributed by atoms with E-state index in [0.717, 1.165) is 0 Å². The number of anilines is 1. The van der Waals surface area contributed by atoms with Gasteiger partial charge in [0, 0.05) is 40.1 Å². The molecule has 30 heavy (non-hydrogen) atoms. The average molecular weight is 512 g/mol. The van der Waals surface area contributed by atoms with Gasteiger partial charge in [0.2, 0.25) is 0 Å². The quantitative estimate of drug-likeness (QED) is 0.433. The van der Waals surface area contributed by atoms with Gasteiger partial charge in [-0.05, 0) is 47.1 Å². The van der Waals surface area contributed by atoms with E-state index in [2.05, 4.69) is 25.6 Å². The summed E-state index contributed by atoms with van der Waals surface area (Å²) >= 11 is 9.19. The van der Waals surface area contributed by atoms with E-state index in [9.17, 15) is 13.2 Å². The van der Waals surface area contributed by atoms with Gasteiger partial charge in [-0.2, -0.15) is 0 Å². The number of aromatic nitrogens is 1. The van der Waals surface area contributed by atoms with Crippen molar-refractivity contribution in [3.05, 3.63) is 69.9 Å². The van der Waals surface area contributed by atoms with E-state index in [4.69, 9.17) is 21.1 Å². The van der Waals surface area contributed by atoms with Gasteiger partial charge in [-0.25, -0.2) is 8.42 Å². The Bertz CT molecular complexity index is 1200. The Morgan fingerprint density at radius 2 is 1.80 bits per heavy atom. The molecule has 3 rings (SSSR count). The van der Waals surface area contributed by atoms with Crippen LogP contribution in [0.3, 0.4) is 0 Å². The summed E-state index contributed by atoms with van der Waals surface area (Å²) in [6, 6.07) is 10.5. The zero-order valence-electron chi connectivity index (χ0n) is 15.8. The summed E-state index contributed by atoms with van der Waals surface area (Å²) in [4.78, 5) is 15.3. The van der Waals surface area contributed by atoms with Gasteiger partial charge in [0.05, 0.1) is 18.3 Å². The number of Topliss-reactive ketones (excluding diaryl/α,β-unsaturated/α-hetero) is 1. The summed E-state index contributed by atoms with van der Waals surface area (Å²) in [6.45, 7) is 1.44. The van der Waals surface area contributed by atoms with Crippen LogP contribution in [0.25, 0.3) is 0 Å². The zero-order valence-corrected chi connectivity index (χ0v) is 19.0. The molecule has 156 valence electrons. The molecule has 2 aromatic carbocycles. The van der Waals surface area contributed by atoms with Crippen molar-refractivity contribution in [1.82, 2.24) is 4.98 Å². The third-order valence-electron chi connectivity index (χ3n) is 3.96. The van der Waals surface area contributed by atoms with Gasteiger partial charge in [0.15, 0.2) is 17.3 Å². The van der Waals surface area contributed by atoms with Crippen LogP contribution in [0.2, 0.25) is 5.02 Å². The number of rotatable bonds is 7. The van der Waals surface area contributed by atoms with Crippen LogP contribution >= 0.6 is 27.5 Å². The maximum absolute atomic E-state index is 12.9. The summed E-state index contributed by atoms with van der Waals surface area (Å²) in [5, 5.41) is 0.393.